The number of halogens is 1. The van der Waals surface area contributed by atoms with E-state index in [4.69, 9.17) is 0 Å². The minimum Gasteiger partial charge on any atom is -0.355 e. The van der Waals surface area contributed by atoms with Crippen LogP contribution in [0.3, 0.4) is 0 Å². The Morgan fingerprint density at radius 1 is 1.19 bits per heavy atom. The van der Waals surface area contributed by atoms with Gasteiger partial charge in [-0.25, -0.2) is 0 Å². The largest absolute Gasteiger partial charge is 0.355 e. The van der Waals surface area contributed by atoms with E-state index in [0.29, 0.717) is 0 Å². The molecule has 1 saturated heterocycles. The van der Waals surface area contributed by atoms with Gasteiger partial charge in [-0.15, -0.1) is 24.0 Å². The lowest BCUT2D eigenvalue weighted by molar-refractivity contribution is 0.249. The van der Waals surface area contributed by atoms with Crippen LogP contribution in [-0.4, -0.2) is 61.6 Å². The summed E-state index contributed by atoms with van der Waals surface area (Å²) in [5.41, 5.74) is 0. The summed E-state index contributed by atoms with van der Waals surface area (Å²) in [5.74, 6) is 2.28. The molecule has 0 aromatic rings. The van der Waals surface area contributed by atoms with Gasteiger partial charge in [-0.2, -0.15) is 11.8 Å². The summed E-state index contributed by atoms with van der Waals surface area (Å²) >= 11 is 2.09. The number of nitrogens with zero attached hydrogens (tertiary/aromatic N) is 2. The monoisotopic (exact) mass is 426 g/mol. The molecule has 124 valence electrons. The van der Waals surface area contributed by atoms with Crippen LogP contribution in [0.1, 0.15) is 38.5 Å². The summed E-state index contributed by atoms with van der Waals surface area (Å²) < 4.78 is 0. The molecule has 2 fully saturated rings. The molecule has 0 aromatic carbocycles. The van der Waals surface area contributed by atoms with Gasteiger partial charge in [0.25, 0.3) is 0 Å². The number of nitrogens with one attached hydrogen (secondary N) is 2. The minimum absolute atomic E-state index is 0. The molecule has 2 aliphatic rings. The lowest BCUT2D eigenvalue weighted by Crippen LogP contribution is -2.44. The van der Waals surface area contributed by atoms with Crippen LogP contribution >= 0.6 is 35.7 Å². The molecule has 4 nitrogen and oxygen atoms in total. The minimum atomic E-state index is 0. The van der Waals surface area contributed by atoms with Crippen LogP contribution in [0, 0.1) is 0 Å². The summed E-state index contributed by atoms with van der Waals surface area (Å²) in [6, 6.07) is 0.807. The highest BCUT2D eigenvalue weighted by atomic mass is 127. The van der Waals surface area contributed by atoms with Crippen molar-refractivity contribution < 1.29 is 0 Å². The molecule has 6 heteroatoms. The molecule has 1 saturated carbocycles. The highest BCUT2D eigenvalue weighted by Crippen LogP contribution is 2.25. The molecule has 1 atom stereocenters. The van der Waals surface area contributed by atoms with Gasteiger partial charge in [0.15, 0.2) is 5.96 Å². The van der Waals surface area contributed by atoms with E-state index in [1.165, 1.54) is 44.3 Å². The number of guanidine groups is 1. The molecule has 1 aliphatic carbocycles. The fourth-order valence-electron chi connectivity index (χ4n) is 3.11. The van der Waals surface area contributed by atoms with Crippen LogP contribution in [0.15, 0.2) is 4.99 Å². The fraction of sp³-hybridized carbons (Fsp3) is 0.933. The standard InChI is InChI=1S/C15H30N4S.HI/c1-16-15(18-12-14-8-5-11-20-14)17-9-10-19(2)13-6-3-4-7-13;/h13-14H,3-12H2,1-2H3,(H2,16,17,18);1H. The second-order valence-electron chi connectivity index (χ2n) is 5.93. The normalized spacial score (nSPS) is 23.4. The molecule has 2 rings (SSSR count). The maximum atomic E-state index is 4.31. The predicted molar refractivity (Wildman–Crippen MR) is 105 cm³/mol. The lowest BCUT2D eigenvalue weighted by Gasteiger charge is -2.24. The second-order valence-corrected chi connectivity index (χ2v) is 7.34. The summed E-state index contributed by atoms with van der Waals surface area (Å²) in [4.78, 5) is 6.81. The Bertz CT molecular complexity index is 302. The van der Waals surface area contributed by atoms with Crippen LogP contribution in [0.2, 0.25) is 0 Å². The van der Waals surface area contributed by atoms with Gasteiger partial charge in [-0.05, 0) is 38.5 Å². The number of likely N-dealkylation sites (N-methyl/N-ethyl adjacent to an activating group) is 1. The zero-order chi connectivity index (χ0) is 14.2. The Labute approximate surface area is 151 Å². The Morgan fingerprint density at radius 3 is 2.57 bits per heavy atom. The maximum absolute atomic E-state index is 4.31. The number of hydrogen-bond donors (Lipinski definition) is 2. The quantitative estimate of drug-likeness (QED) is 0.389. The van der Waals surface area contributed by atoms with E-state index in [0.717, 1.165) is 36.9 Å². The molecule has 0 amide bonds. The highest BCUT2D eigenvalue weighted by Gasteiger charge is 2.19. The predicted octanol–water partition coefficient (Wildman–Crippen LogP) is 2.54. The third-order valence-corrected chi connectivity index (χ3v) is 5.85. The van der Waals surface area contributed by atoms with Gasteiger partial charge in [0.1, 0.15) is 0 Å². The van der Waals surface area contributed by atoms with Crippen molar-refractivity contribution in [1.82, 2.24) is 15.5 Å². The van der Waals surface area contributed by atoms with Gasteiger partial charge in [0.05, 0.1) is 0 Å². The molecule has 21 heavy (non-hydrogen) atoms. The van der Waals surface area contributed by atoms with Gasteiger partial charge in [-0.3, -0.25) is 4.99 Å². The number of rotatable bonds is 6. The molecule has 1 heterocycles. The molecule has 2 N–H and O–H groups in total. The van der Waals surface area contributed by atoms with E-state index in [1.807, 2.05) is 7.05 Å². The van der Waals surface area contributed by atoms with Gasteiger partial charge in [-0.1, -0.05) is 12.8 Å². The summed E-state index contributed by atoms with van der Waals surface area (Å²) in [7, 11) is 4.11. The van der Waals surface area contributed by atoms with Gasteiger partial charge < -0.3 is 15.5 Å². The van der Waals surface area contributed by atoms with Crippen LogP contribution < -0.4 is 10.6 Å². The molecule has 0 bridgehead atoms. The highest BCUT2D eigenvalue weighted by molar-refractivity contribution is 14.0. The fourth-order valence-corrected chi connectivity index (χ4v) is 4.32. The SMILES string of the molecule is CN=C(NCCN(C)C1CCCC1)NCC1CCCS1.I. The van der Waals surface area contributed by atoms with Crippen molar-refractivity contribution in [2.45, 2.75) is 49.8 Å². The third-order valence-electron chi connectivity index (χ3n) is 4.45. The van der Waals surface area contributed by atoms with E-state index in [1.54, 1.807) is 0 Å². The molecule has 1 aliphatic heterocycles. The average molecular weight is 426 g/mol. The van der Waals surface area contributed by atoms with Crippen molar-refractivity contribution in [1.29, 1.82) is 0 Å². The van der Waals surface area contributed by atoms with E-state index in [-0.39, 0.29) is 24.0 Å². The molecular formula is C15H31IN4S. The summed E-state index contributed by atoms with van der Waals surface area (Å²) in [6.45, 7) is 3.12. The van der Waals surface area contributed by atoms with Gasteiger partial charge >= 0.3 is 0 Å². The first-order chi connectivity index (χ1) is 9.79. The van der Waals surface area contributed by atoms with Crippen molar-refractivity contribution >= 4 is 41.7 Å². The summed E-state index contributed by atoms with van der Waals surface area (Å²) in [6.07, 6.45) is 8.29. The Hall–Kier alpha value is 0.310. The smallest absolute Gasteiger partial charge is 0.191 e. The van der Waals surface area contributed by atoms with Crippen molar-refractivity contribution in [3.8, 4) is 0 Å². The van der Waals surface area contributed by atoms with Crippen molar-refractivity contribution in [2.75, 3.05) is 39.5 Å². The van der Waals surface area contributed by atoms with Crippen LogP contribution in [0.25, 0.3) is 0 Å². The van der Waals surface area contributed by atoms with Crippen LogP contribution in [-0.2, 0) is 0 Å². The maximum Gasteiger partial charge on any atom is 0.191 e. The molecular weight excluding hydrogens is 395 g/mol. The van der Waals surface area contributed by atoms with Crippen molar-refractivity contribution in [3.63, 3.8) is 0 Å². The topological polar surface area (TPSA) is 39.7 Å². The van der Waals surface area contributed by atoms with Crippen LogP contribution in [0.5, 0.6) is 0 Å². The first-order valence-corrected chi connectivity index (χ1v) is 9.11. The number of aliphatic imine (C=N–C) groups is 1. The van der Waals surface area contributed by atoms with Crippen molar-refractivity contribution in [3.05, 3.63) is 0 Å². The Balaban J connectivity index is 0.00000220. The van der Waals surface area contributed by atoms with Crippen molar-refractivity contribution in [2.24, 2.45) is 4.99 Å². The molecule has 0 radical (unpaired) electrons. The average Bonchev–Trinajstić information content (AvgIpc) is 3.14. The first kappa shape index (κ1) is 19.4. The van der Waals surface area contributed by atoms with E-state index in [9.17, 15) is 0 Å². The van der Waals surface area contributed by atoms with E-state index >= 15 is 0 Å². The third kappa shape index (κ3) is 6.95. The molecule has 0 aromatic heterocycles. The van der Waals surface area contributed by atoms with Gasteiger partial charge in [0.2, 0.25) is 0 Å². The van der Waals surface area contributed by atoms with E-state index < -0.39 is 0 Å². The zero-order valence-corrected chi connectivity index (χ0v) is 16.6. The molecule has 1 unspecified atom stereocenters. The van der Waals surface area contributed by atoms with Crippen LogP contribution in [0.4, 0.5) is 0 Å². The second kappa shape index (κ2) is 10.9. The van der Waals surface area contributed by atoms with Gasteiger partial charge in [0, 0.05) is 38.0 Å². The first-order valence-electron chi connectivity index (χ1n) is 8.06. The lowest BCUT2D eigenvalue weighted by atomic mass is 10.2. The Kier molecular flexibility index (Phi) is 10.1. The van der Waals surface area contributed by atoms with E-state index in [2.05, 4.69) is 39.3 Å². The number of hydrogen-bond acceptors (Lipinski definition) is 3. The number of thioether (sulfide) groups is 1. The molecule has 0 spiro atoms. The Morgan fingerprint density at radius 2 is 1.95 bits per heavy atom. The zero-order valence-electron chi connectivity index (χ0n) is 13.4. The summed E-state index contributed by atoms with van der Waals surface area (Å²) in [5, 5.41) is 7.66.